The van der Waals surface area contributed by atoms with Gasteiger partial charge in [0.05, 0.1) is 6.54 Å². The minimum absolute atomic E-state index is 0.278. The van der Waals surface area contributed by atoms with Gasteiger partial charge in [0.25, 0.3) is 0 Å². The molecule has 0 atom stereocenters. The Morgan fingerprint density at radius 2 is 1.88 bits per heavy atom. The number of carboxylic acid groups (broad SMARTS) is 1. The summed E-state index contributed by atoms with van der Waals surface area (Å²) in [6.45, 7) is 8.12. The summed E-state index contributed by atoms with van der Waals surface area (Å²) in [5.74, 6) is -0.968. The molecule has 0 heterocycles. The molecule has 0 aromatic rings. The Labute approximate surface area is 99.5 Å². The van der Waals surface area contributed by atoms with Gasteiger partial charge >= 0.3 is 5.97 Å². The number of rotatable bonds is 6. The molecule has 0 unspecified atom stereocenters. The van der Waals surface area contributed by atoms with E-state index >= 15 is 0 Å². The second-order valence-corrected chi connectivity index (χ2v) is 3.06. The lowest BCUT2D eigenvalue weighted by Crippen LogP contribution is -2.10. The predicted octanol–water partition coefficient (Wildman–Crippen LogP) is 2.44. The third-order valence-corrected chi connectivity index (χ3v) is 1.38. The van der Waals surface area contributed by atoms with Crippen molar-refractivity contribution in [3.05, 3.63) is 12.7 Å². The molecule has 0 aromatic carbocycles. The van der Waals surface area contributed by atoms with Crippen LogP contribution in [-0.4, -0.2) is 31.3 Å². The molecule has 3 N–H and O–H groups in total. The molecule has 0 aliphatic carbocycles. The second-order valence-electron chi connectivity index (χ2n) is 3.06. The first-order valence-corrected chi connectivity index (χ1v) is 5.58. The number of unbranched alkanes of at least 4 members (excludes halogenated alkanes) is 3. The average molecular weight is 233 g/mol. The maximum atomic E-state index is 9.24. The van der Waals surface area contributed by atoms with Crippen LogP contribution in [0.15, 0.2) is 12.7 Å². The number of methoxy groups -OCH3 is 1. The number of carboxylic acids is 1. The summed E-state index contributed by atoms with van der Waals surface area (Å²) in [6, 6.07) is 0. The zero-order valence-electron chi connectivity index (χ0n) is 10.9. The Bertz CT molecular complexity index is 132. The van der Waals surface area contributed by atoms with Gasteiger partial charge in [-0.2, -0.15) is 0 Å². The van der Waals surface area contributed by atoms with Crippen LogP contribution in [-0.2, 0) is 9.53 Å². The SMILES string of the molecule is C=CC.CCCCCCOC.NCC(=O)O. The van der Waals surface area contributed by atoms with E-state index in [1.54, 1.807) is 13.2 Å². The molecule has 4 heteroatoms. The van der Waals surface area contributed by atoms with E-state index in [4.69, 9.17) is 9.84 Å². The highest BCUT2D eigenvalue weighted by molar-refractivity contribution is 5.68. The number of hydrogen-bond donors (Lipinski definition) is 2. The fourth-order valence-electron chi connectivity index (χ4n) is 0.673. The van der Waals surface area contributed by atoms with Crippen LogP contribution in [0.5, 0.6) is 0 Å². The third kappa shape index (κ3) is 51.4. The Kier molecular flexibility index (Phi) is 30.5. The molecule has 0 saturated heterocycles. The van der Waals surface area contributed by atoms with Crippen LogP contribution >= 0.6 is 0 Å². The monoisotopic (exact) mass is 233 g/mol. The molecule has 0 fully saturated rings. The molecule has 0 bridgehead atoms. The van der Waals surface area contributed by atoms with Gasteiger partial charge in [-0.1, -0.05) is 32.3 Å². The summed E-state index contributed by atoms with van der Waals surface area (Å²) in [6.07, 6.45) is 6.96. The van der Waals surface area contributed by atoms with Gasteiger partial charge in [-0.15, -0.1) is 6.58 Å². The van der Waals surface area contributed by atoms with Crippen LogP contribution in [0, 0.1) is 0 Å². The fraction of sp³-hybridized carbons (Fsp3) is 0.750. The topological polar surface area (TPSA) is 72.5 Å². The van der Waals surface area contributed by atoms with Crippen LogP contribution in [0.4, 0.5) is 0 Å². The molecular formula is C12H27NO3. The number of hydrogen-bond acceptors (Lipinski definition) is 3. The number of allylic oxidation sites excluding steroid dienone is 1. The van der Waals surface area contributed by atoms with Gasteiger partial charge in [0.15, 0.2) is 0 Å². The van der Waals surface area contributed by atoms with Gasteiger partial charge in [0.1, 0.15) is 0 Å². The van der Waals surface area contributed by atoms with Crippen molar-refractivity contribution >= 4 is 5.97 Å². The van der Waals surface area contributed by atoms with Gasteiger partial charge in [-0.25, -0.2) is 0 Å². The van der Waals surface area contributed by atoms with E-state index in [-0.39, 0.29) is 6.54 Å². The lowest BCUT2D eigenvalue weighted by Gasteiger charge is -1.95. The van der Waals surface area contributed by atoms with E-state index in [0.29, 0.717) is 0 Å². The fourth-order valence-corrected chi connectivity index (χ4v) is 0.673. The molecule has 98 valence electrons. The van der Waals surface area contributed by atoms with Gasteiger partial charge in [-0.05, 0) is 13.3 Å². The van der Waals surface area contributed by atoms with Crippen molar-refractivity contribution in [2.75, 3.05) is 20.3 Å². The summed E-state index contributed by atoms with van der Waals surface area (Å²) in [5, 5.41) is 7.60. The smallest absolute Gasteiger partial charge is 0.317 e. The molecule has 4 nitrogen and oxygen atoms in total. The first-order chi connectivity index (χ1) is 7.60. The van der Waals surface area contributed by atoms with E-state index in [2.05, 4.69) is 19.2 Å². The maximum Gasteiger partial charge on any atom is 0.317 e. The second kappa shape index (κ2) is 23.7. The average Bonchev–Trinajstić information content (AvgIpc) is 2.26. The maximum absolute atomic E-state index is 9.24. The molecule has 0 radical (unpaired) electrons. The van der Waals surface area contributed by atoms with Crippen molar-refractivity contribution in [2.24, 2.45) is 5.73 Å². The van der Waals surface area contributed by atoms with Crippen molar-refractivity contribution in [3.8, 4) is 0 Å². The van der Waals surface area contributed by atoms with Crippen molar-refractivity contribution in [3.63, 3.8) is 0 Å². The molecule has 16 heavy (non-hydrogen) atoms. The van der Waals surface area contributed by atoms with E-state index in [1.807, 2.05) is 6.92 Å². The van der Waals surface area contributed by atoms with Crippen LogP contribution in [0.3, 0.4) is 0 Å². The van der Waals surface area contributed by atoms with Gasteiger partial charge in [0, 0.05) is 13.7 Å². The number of carbonyl (C=O) groups is 1. The molecule has 0 saturated carbocycles. The van der Waals surface area contributed by atoms with Crippen molar-refractivity contribution in [2.45, 2.75) is 39.5 Å². The van der Waals surface area contributed by atoms with E-state index in [0.717, 1.165) is 6.61 Å². The number of nitrogens with two attached hydrogens (primary N) is 1. The summed E-state index contributed by atoms with van der Waals surface area (Å²) in [5.41, 5.74) is 4.57. The van der Waals surface area contributed by atoms with E-state index < -0.39 is 5.97 Å². The van der Waals surface area contributed by atoms with Crippen LogP contribution in [0.2, 0.25) is 0 Å². The number of ether oxygens (including phenoxy) is 1. The largest absolute Gasteiger partial charge is 0.480 e. The van der Waals surface area contributed by atoms with E-state index in [1.165, 1.54) is 25.7 Å². The van der Waals surface area contributed by atoms with Crippen molar-refractivity contribution in [1.29, 1.82) is 0 Å². The van der Waals surface area contributed by atoms with E-state index in [9.17, 15) is 4.79 Å². The van der Waals surface area contributed by atoms with Crippen molar-refractivity contribution in [1.82, 2.24) is 0 Å². The highest BCUT2D eigenvalue weighted by Gasteiger charge is 1.83. The summed E-state index contributed by atoms with van der Waals surface area (Å²) < 4.78 is 4.89. The highest BCUT2D eigenvalue weighted by Crippen LogP contribution is 1.97. The first kappa shape index (κ1) is 20.5. The van der Waals surface area contributed by atoms with Crippen molar-refractivity contribution < 1.29 is 14.6 Å². The normalized spacial score (nSPS) is 8.00. The third-order valence-electron chi connectivity index (χ3n) is 1.38. The Morgan fingerprint density at radius 3 is 2.12 bits per heavy atom. The minimum atomic E-state index is -0.968. The standard InChI is InChI=1S/C7H16O.C3H6.C2H5NO2/c1-3-4-5-6-7-8-2;1-3-2;3-1-2(4)5/h3-7H2,1-2H3;3H,1H2,2H3;1,3H2,(H,4,5). The molecular weight excluding hydrogens is 206 g/mol. The molecule has 0 aromatic heterocycles. The van der Waals surface area contributed by atoms with Gasteiger partial charge in [0.2, 0.25) is 0 Å². The Balaban J connectivity index is -0.000000181. The van der Waals surface area contributed by atoms with Gasteiger partial charge in [-0.3, -0.25) is 4.79 Å². The lowest BCUT2D eigenvalue weighted by molar-refractivity contribution is -0.135. The Hall–Kier alpha value is -0.870. The Morgan fingerprint density at radius 1 is 1.44 bits per heavy atom. The molecule has 0 aliphatic rings. The molecule has 0 aliphatic heterocycles. The first-order valence-electron chi connectivity index (χ1n) is 5.58. The summed E-state index contributed by atoms with van der Waals surface area (Å²) in [4.78, 5) is 9.24. The minimum Gasteiger partial charge on any atom is -0.480 e. The molecule has 0 spiro atoms. The van der Waals surface area contributed by atoms with Crippen LogP contribution in [0.1, 0.15) is 39.5 Å². The highest BCUT2D eigenvalue weighted by atomic mass is 16.5. The lowest BCUT2D eigenvalue weighted by atomic mass is 10.2. The summed E-state index contributed by atoms with van der Waals surface area (Å²) >= 11 is 0. The predicted molar refractivity (Wildman–Crippen MR) is 68.6 cm³/mol. The zero-order chi connectivity index (χ0) is 13.2. The molecule has 0 rings (SSSR count). The van der Waals surface area contributed by atoms with Gasteiger partial charge < -0.3 is 15.6 Å². The molecule has 0 amide bonds. The van der Waals surface area contributed by atoms with Crippen LogP contribution < -0.4 is 5.73 Å². The van der Waals surface area contributed by atoms with Crippen LogP contribution in [0.25, 0.3) is 0 Å². The quantitative estimate of drug-likeness (QED) is 0.546. The number of aliphatic carboxylic acids is 1. The summed E-state index contributed by atoms with van der Waals surface area (Å²) in [7, 11) is 1.76. The zero-order valence-corrected chi connectivity index (χ0v) is 10.9.